The Labute approximate surface area is 137 Å². The number of phenols is 1. The number of ether oxygens (including phenoxy) is 1. The number of benzene rings is 1. The van der Waals surface area contributed by atoms with Gasteiger partial charge in [-0.25, -0.2) is 0 Å². The summed E-state index contributed by atoms with van der Waals surface area (Å²) in [6.07, 6.45) is 0. The van der Waals surface area contributed by atoms with Crippen molar-refractivity contribution in [3.8, 4) is 11.5 Å². The van der Waals surface area contributed by atoms with Gasteiger partial charge in [0.1, 0.15) is 16.7 Å². The Morgan fingerprint density at radius 1 is 1.45 bits per heavy atom. The van der Waals surface area contributed by atoms with E-state index >= 15 is 0 Å². The molecule has 5 rings (SSSR count). The Morgan fingerprint density at radius 2 is 2.23 bits per heavy atom. The topological polar surface area (TPSA) is 88.1 Å². The van der Waals surface area contributed by atoms with Crippen molar-refractivity contribution in [1.82, 2.24) is 10.4 Å². The molecule has 1 aromatic carbocycles. The molecule has 7 nitrogen and oxygen atoms in total. The summed E-state index contributed by atoms with van der Waals surface area (Å²) in [4.78, 5) is 30.1. The van der Waals surface area contributed by atoms with Crippen molar-refractivity contribution < 1.29 is 24.3 Å². The second-order valence-corrected chi connectivity index (χ2v) is 7.77. The molecule has 116 valence electrons. The van der Waals surface area contributed by atoms with Crippen LogP contribution in [-0.4, -0.2) is 40.2 Å². The number of aromatic hydroxyl groups is 1. The maximum Gasteiger partial charge on any atom is 0.315 e. The third-order valence-corrected chi connectivity index (χ3v) is 6.94. The molecule has 2 bridgehead atoms. The van der Waals surface area contributed by atoms with Crippen molar-refractivity contribution in [3.63, 3.8) is 0 Å². The molecule has 3 atom stereocenters. The van der Waals surface area contributed by atoms with Gasteiger partial charge in [-0.15, -0.1) is 0 Å². The molecule has 0 aromatic heterocycles. The molecular weight excluding hydrogens is 352 g/mol. The number of hydrogen-bond donors (Lipinski definition) is 2. The summed E-state index contributed by atoms with van der Waals surface area (Å²) >= 11 is 5.96. The van der Waals surface area contributed by atoms with E-state index in [2.05, 4.69) is 5.32 Å². The number of hydroxylamine groups is 2. The third kappa shape index (κ3) is 1.65. The molecule has 4 aliphatic heterocycles. The molecule has 0 aliphatic carbocycles. The number of nitrogens with one attached hydrogen (secondary N) is 1. The van der Waals surface area contributed by atoms with Gasteiger partial charge in [-0.05, 0) is 6.07 Å². The summed E-state index contributed by atoms with van der Waals surface area (Å²) in [6.45, 7) is 0. The summed E-state index contributed by atoms with van der Waals surface area (Å²) < 4.78 is 5.76. The van der Waals surface area contributed by atoms with Crippen molar-refractivity contribution in [2.24, 2.45) is 0 Å². The van der Waals surface area contributed by atoms with Crippen LogP contribution < -0.4 is 10.1 Å². The maximum absolute atomic E-state index is 12.8. The van der Waals surface area contributed by atoms with E-state index in [0.29, 0.717) is 11.3 Å². The first-order valence-corrected chi connectivity index (χ1v) is 8.86. The van der Waals surface area contributed by atoms with Crippen molar-refractivity contribution in [2.45, 2.75) is 16.3 Å². The molecule has 0 saturated carbocycles. The molecule has 0 radical (unpaired) electrons. The van der Waals surface area contributed by atoms with Gasteiger partial charge in [0.15, 0.2) is 5.37 Å². The molecule has 2 amide bonds. The number of piperazine rings is 1. The average molecular weight is 361 g/mol. The van der Waals surface area contributed by atoms with Crippen molar-refractivity contribution >= 4 is 45.0 Å². The zero-order valence-electron chi connectivity index (χ0n) is 11.0. The predicted molar refractivity (Wildman–Crippen MR) is 80.2 cm³/mol. The number of nitrogens with zero attached hydrogens (tertiary/aromatic N) is 1. The van der Waals surface area contributed by atoms with Crippen LogP contribution in [-0.2, 0) is 14.4 Å². The van der Waals surface area contributed by atoms with Gasteiger partial charge in [-0.2, -0.15) is 5.06 Å². The van der Waals surface area contributed by atoms with E-state index in [-0.39, 0.29) is 16.7 Å². The lowest BCUT2D eigenvalue weighted by Crippen LogP contribution is -2.70. The summed E-state index contributed by atoms with van der Waals surface area (Å²) in [5.74, 6) is -0.703. The predicted octanol–water partition coefficient (Wildman–Crippen LogP) is 1.42. The van der Waals surface area contributed by atoms with Crippen LogP contribution in [0, 0.1) is 0 Å². The van der Waals surface area contributed by atoms with E-state index in [1.807, 2.05) is 0 Å². The number of hydrogen-bond acceptors (Lipinski definition) is 7. The van der Waals surface area contributed by atoms with Crippen LogP contribution in [0.4, 0.5) is 0 Å². The Morgan fingerprint density at radius 3 is 2.95 bits per heavy atom. The first-order valence-electron chi connectivity index (χ1n) is 6.21. The van der Waals surface area contributed by atoms with Crippen molar-refractivity contribution in [2.75, 3.05) is 7.11 Å². The fraction of sp³-hybridized carbons (Fsp3) is 0.333. The molecule has 4 aliphatic rings. The molecule has 1 unspecified atom stereocenters. The minimum absolute atomic E-state index is 0.151. The molecule has 22 heavy (non-hydrogen) atoms. The van der Waals surface area contributed by atoms with E-state index in [1.54, 1.807) is 6.07 Å². The highest BCUT2D eigenvalue weighted by atomic mass is 35.5. The number of phenolic OH excluding ortho intramolecular Hbond substituents is 1. The van der Waals surface area contributed by atoms with Gasteiger partial charge < -0.3 is 15.2 Å². The van der Waals surface area contributed by atoms with Gasteiger partial charge in [0.2, 0.25) is 0 Å². The highest BCUT2D eigenvalue weighted by molar-refractivity contribution is 8.77. The van der Waals surface area contributed by atoms with Crippen LogP contribution in [0.5, 0.6) is 11.5 Å². The highest BCUT2D eigenvalue weighted by Crippen LogP contribution is 2.60. The van der Waals surface area contributed by atoms with Gasteiger partial charge in [-0.3, -0.25) is 14.4 Å². The van der Waals surface area contributed by atoms with Crippen molar-refractivity contribution in [1.29, 1.82) is 0 Å². The third-order valence-electron chi connectivity index (χ3n) is 3.71. The van der Waals surface area contributed by atoms with E-state index in [9.17, 15) is 14.7 Å². The lowest BCUT2D eigenvalue weighted by molar-refractivity contribution is -0.208. The molecule has 1 aromatic rings. The summed E-state index contributed by atoms with van der Waals surface area (Å²) in [6, 6.07) is 2.89. The molecule has 2 N–H and O–H groups in total. The number of halogens is 1. The van der Waals surface area contributed by atoms with E-state index in [4.69, 9.17) is 21.2 Å². The van der Waals surface area contributed by atoms with Gasteiger partial charge in [0.25, 0.3) is 11.6 Å². The largest absolute Gasteiger partial charge is 0.506 e. The minimum Gasteiger partial charge on any atom is -0.506 e. The second-order valence-electron chi connectivity index (χ2n) is 4.91. The zero-order valence-corrected chi connectivity index (χ0v) is 13.4. The van der Waals surface area contributed by atoms with Crippen LogP contribution >= 0.6 is 33.2 Å². The summed E-state index contributed by atoms with van der Waals surface area (Å²) in [7, 11) is 3.87. The SMILES string of the molecule is CON1C(=O)C23NC(=O)[C@@H]1SS[C@H]2c1cc(Cl)c(O)cc1O3. The van der Waals surface area contributed by atoms with Gasteiger partial charge >= 0.3 is 5.91 Å². The Bertz CT molecular complexity index is 717. The number of fused-ring (bicyclic) bond motifs is 4. The summed E-state index contributed by atoms with van der Waals surface area (Å²) in [5.41, 5.74) is -0.940. The van der Waals surface area contributed by atoms with Crippen LogP contribution in [0.3, 0.4) is 0 Å². The lowest BCUT2D eigenvalue weighted by atomic mass is 10.0. The van der Waals surface area contributed by atoms with Crippen LogP contribution in [0.2, 0.25) is 5.02 Å². The Kier molecular flexibility index (Phi) is 3.00. The second kappa shape index (κ2) is 4.60. The summed E-state index contributed by atoms with van der Waals surface area (Å²) in [5, 5.41) is 12.3. The molecule has 3 fully saturated rings. The van der Waals surface area contributed by atoms with Crippen molar-refractivity contribution in [3.05, 3.63) is 22.7 Å². The molecule has 4 heterocycles. The van der Waals surface area contributed by atoms with Crippen LogP contribution in [0.15, 0.2) is 12.1 Å². The van der Waals surface area contributed by atoms with Gasteiger partial charge in [0, 0.05) is 11.6 Å². The molecule has 1 spiro atoms. The first-order chi connectivity index (χ1) is 10.5. The number of carbonyl (C=O) groups excluding carboxylic acids is 2. The minimum atomic E-state index is -1.59. The van der Waals surface area contributed by atoms with E-state index in [1.165, 1.54) is 34.8 Å². The Hall–Kier alpha value is -1.29. The normalized spacial score (nSPS) is 32.2. The number of rotatable bonds is 1. The maximum atomic E-state index is 12.8. The first kappa shape index (κ1) is 14.3. The highest BCUT2D eigenvalue weighted by Gasteiger charge is 2.65. The molecule has 3 saturated heterocycles. The number of amides is 2. The molecule has 10 heteroatoms. The fourth-order valence-electron chi connectivity index (χ4n) is 2.71. The smallest absolute Gasteiger partial charge is 0.315 e. The standard InChI is InChI=1S/C12H9ClN2O5S2/c1-19-15-10-9(17)14-12(11(15)18)8(21-22-10)4-2-5(13)6(16)3-7(4)20-12/h2-3,8,10,16H,1H3,(H,14,17)/t8-,10-,12?/m0/s1. The average Bonchev–Trinajstić information content (AvgIpc) is 2.60. The fourth-order valence-corrected chi connectivity index (χ4v) is 6.00. The van der Waals surface area contributed by atoms with E-state index in [0.717, 1.165) is 5.06 Å². The molecular formula is C12H9ClN2O5S2. The number of carbonyl (C=O) groups is 2. The van der Waals surface area contributed by atoms with Gasteiger partial charge in [-0.1, -0.05) is 33.2 Å². The Balaban J connectivity index is 1.89. The van der Waals surface area contributed by atoms with Crippen LogP contribution in [0.25, 0.3) is 0 Å². The van der Waals surface area contributed by atoms with Gasteiger partial charge in [0.05, 0.1) is 12.1 Å². The van der Waals surface area contributed by atoms with E-state index < -0.39 is 22.3 Å². The quantitative estimate of drug-likeness (QED) is 0.732. The monoisotopic (exact) mass is 360 g/mol. The zero-order chi connectivity index (χ0) is 15.6. The lowest BCUT2D eigenvalue weighted by Gasteiger charge is -2.39. The van der Waals surface area contributed by atoms with Crippen LogP contribution in [0.1, 0.15) is 10.8 Å².